The fourth-order valence-electron chi connectivity index (χ4n) is 3.18. The highest BCUT2D eigenvalue weighted by Gasteiger charge is 2.14. The van der Waals surface area contributed by atoms with Gasteiger partial charge in [0.25, 0.3) is 11.8 Å². The van der Waals surface area contributed by atoms with Gasteiger partial charge in [-0.05, 0) is 49.2 Å². The Bertz CT molecular complexity index is 1240. The molecule has 1 heterocycles. The summed E-state index contributed by atoms with van der Waals surface area (Å²) in [5.74, 6) is -1.35. The minimum atomic E-state index is -0.710. The van der Waals surface area contributed by atoms with E-state index in [9.17, 15) is 18.4 Å². The first kappa shape index (κ1) is 31.5. The van der Waals surface area contributed by atoms with Crippen molar-refractivity contribution in [2.45, 2.75) is 40.7 Å². The number of rotatable bonds is 9. The number of nitrogens with one attached hydrogen (secondary N) is 2. The zero-order valence-electron chi connectivity index (χ0n) is 22.1. The molecule has 0 aliphatic carbocycles. The number of allylic oxidation sites excluding steroid dienone is 1. The lowest BCUT2D eigenvalue weighted by Crippen LogP contribution is -2.24. The Morgan fingerprint density at radius 1 is 0.974 bits per heavy atom. The number of hydrogen-bond acceptors (Lipinski definition) is 4. The summed E-state index contributed by atoms with van der Waals surface area (Å²) >= 11 is 0. The first-order valence-electron chi connectivity index (χ1n) is 12.1. The molecule has 2 amide bonds. The maximum atomic E-state index is 13.4. The quantitative estimate of drug-likeness (QED) is 0.254. The number of aromatic nitrogens is 1. The summed E-state index contributed by atoms with van der Waals surface area (Å²) in [5.41, 5.74) is 1.43. The molecule has 0 aliphatic rings. The van der Waals surface area contributed by atoms with E-state index in [1.54, 1.807) is 31.2 Å². The molecule has 0 saturated carbocycles. The number of terminal acetylenes is 1. The van der Waals surface area contributed by atoms with E-state index < -0.39 is 17.5 Å². The van der Waals surface area contributed by atoms with Crippen molar-refractivity contribution < 1.29 is 23.1 Å². The van der Waals surface area contributed by atoms with Crippen LogP contribution in [0.1, 0.15) is 59.2 Å². The Morgan fingerprint density at radius 2 is 1.66 bits per heavy atom. The van der Waals surface area contributed by atoms with Gasteiger partial charge in [-0.3, -0.25) is 14.6 Å². The van der Waals surface area contributed by atoms with Crippen molar-refractivity contribution in [1.29, 1.82) is 0 Å². The van der Waals surface area contributed by atoms with Crippen LogP contribution in [0.2, 0.25) is 0 Å². The van der Waals surface area contributed by atoms with Crippen molar-refractivity contribution in [2.75, 3.05) is 6.54 Å². The molecule has 0 radical (unpaired) electrons. The number of pyridine rings is 1. The highest BCUT2D eigenvalue weighted by atomic mass is 19.1. The predicted molar refractivity (Wildman–Crippen MR) is 146 cm³/mol. The van der Waals surface area contributed by atoms with Crippen molar-refractivity contribution in [2.24, 2.45) is 0 Å². The normalized spacial score (nSPS) is 9.89. The van der Waals surface area contributed by atoms with Gasteiger partial charge < -0.3 is 15.4 Å². The summed E-state index contributed by atoms with van der Waals surface area (Å²) in [5, 5.41) is 5.41. The molecular weight excluding hydrogens is 488 g/mol. The van der Waals surface area contributed by atoms with E-state index in [1.807, 2.05) is 32.9 Å². The van der Waals surface area contributed by atoms with Crippen molar-refractivity contribution in [3.8, 4) is 24.3 Å². The molecule has 2 aromatic carbocycles. The molecule has 3 aromatic rings. The highest BCUT2D eigenvalue weighted by molar-refractivity contribution is 5.96. The summed E-state index contributed by atoms with van der Waals surface area (Å²) in [6.07, 6.45) is 14.2. The number of benzene rings is 2. The monoisotopic (exact) mass is 521 g/mol. The molecule has 0 spiro atoms. The third-order valence-corrected chi connectivity index (χ3v) is 4.88. The number of hydrogen-bond donors (Lipinski definition) is 2. The Hall–Kier alpha value is -4.51. The van der Waals surface area contributed by atoms with Gasteiger partial charge in [0.1, 0.15) is 28.8 Å². The van der Waals surface area contributed by atoms with E-state index in [1.165, 1.54) is 12.3 Å². The van der Waals surface area contributed by atoms with Gasteiger partial charge in [-0.25, -0.2) is 8.78 Å². The van der Waals surface area contributed by atoms with Crippen molar-refractivity contribution in [1.82, 2.24) is 15.6 Å². The fourth-order valence-corrected chi connectivity index (χ4v) is 3.18. The molecule has 0 saturated heterocycles. The molecule has 0 bridgehead atoms. The van der Waals surface area contributed by atoms with Gasteiger partial charge in [0, 0.05) is 42.5 Å². The lowest BCUT2D eigenvalue weighted by molar-refractivity contribution is 0.0943. The van der Waals surface area contributed by atoms with Gasteiger partial charge in [-0.1, -0.05) is 39.0 Å². The van der Waals surface area contributed by atoms with Gasteiger partial charge in [0.05, 0.1) is 0 Å². The first-order valence-corrected chi connectivity index (χ1v) is 12.1. The molecule has 0 unspecified atom stereocenters. The Balaban J connectivity index is 0.00000172. The minimum Gasteiger partial charge on any atom is -0.457 e. The van der Waals surface area contributed by atoms with Crippen molar-refractivity contribution in [3.05, 3.63) is 101 Å². The first-order chi connectivity index (χ1) is 18.4. The Kier molecular flexibility index (Phi) is 14.1. The maximum absolute atomic E-state index is 13.4. The number of amides is 2. The molecule has 200 valence electrons. The van der Waals surface area contributed by atoms with E-state index in [-0.39, 0.29) is 18.1 Å². The molecule has 0 aliphatic heterocycles. The maximum Gasteiger partial charge on any atom is 0.270 e. The number of carbonyl (C=O) groups excluding carboxylic acids is 2. The summed E-state index contributed by atoms with van der Waals surface area (Å²) in [6.45, 7) is 8.10. The van der Waals surface area contributed by atoms with E-state index in [4.69, 9.17) is 4.74 Å². The van der Waals surface area contributed by atoms with Crippen LogP contribution in [-0.2, 0) is 6.54 Å². The third kappa shape index (κ3) is 9.86. The zero-order chi connectivity index (χ0) is 28.5. The van der Waals surface area contributed by atoms with Crippen LogP contribution in [0.5, 0.6) is 11.5 Å². The van der Waals surface area contributed by atoms with Crippen LogP contribution in [0.3, 0.4) is 0 Å². The zero-order valence-corrected chi connectivity index (χ0v) is 22.1. The van der Waals surface area contributed by atoms with E-state index in [0.29, 0.717) is 34.7 Å². The van der Waals surface area contributed by atoms with Crippen LogP contribution in [-0.4, -0.2) is 23.3 Å². The Labute approximate surface area is 223 Å². The highest BCUT2D eigenvalue weighted by Crippen LogP contribution is 2.27. The molecule has 38 heavy (non-hydrogen) atoms. The van der Waals surface area contributed by atoms with Crippen LogP contribution in [0.15, 0.2) is 66.9 Å². The molecule has 0 atom stereocenters. The second-order valence-corrected chi connectivity index (χ2v) is 7.46. The largest absolute Gasteiger partial charge is 0.457 e. The van der Waals surface area contributed by atoms with Crippen LogP contribution in [0.25, 0.3) is 0 Å². The predicted octanol–water partition coefficient (Wildman–Crippen LogP) is 6.36. The van der Waals surface area contributed by atoms with Crippen molar-refractivity contribution >= 4 is 11.8 Å². The molecule has 3 rings (SSSR count). The van der Waals surface area contributed by atoms with Crippen molar-refractivity contribution in [3.63, 3.8) is 0 Å². The second kappa shape index (κ2) is 17.0. The fraction of sp³-hybridized carbons (Fsp3) is 0.233. The molecular formula is C30H33F2N3O3. The van der Waals surface area contributed by atoms with Gasteiger partial charge in [-0.15, -0.1) is 12.8 Å². The van der Waals surface area contributed by atoms with Gasteiger partial charge in [0.15, 0.2) is 0 Å². The minimum absolute atomic E-state index is 0.0334. The molecule has 2 N–H and O–H groups in total. The van der Waals surface area contributed by atoms with E-state index in [0.717, 1.165) is 24.6 Å². The molecule has 1 aromatic heterocycles. The Morgan fingerprint density at radius 3 is 2.32 bits per heavy atom. The number of halogens is 2. The average molecular weight is 522 g/mol. The van der Waals surface area contributed by atoms with E-state index >= 15 is 0 Å². The summed E-state index contributed by atoms with van der Waals surface area (Å²) < 4.78 is 32.7. The standard InChI is InChI=1S/C26H25F2N3O3.C2H6.C2H2/c1-3-4-5-10-30-26(33)23-15-21(9-11-29-23)34-24-8-6-7-22(17(24)2)25(32)31-16-18-12-19(27)14-20(28)13-18;2*1-2/h4-9,11-15H,3,10,16H2,1-2H3,(H,30,33)(H,31,32);1-2H3;1-2H/b5-4-;;. The molecule has 8 heteroatoms. The topological polar surface area (TPSA) is 80.3 Å². The lowest BCUT2D eigenvalue weighted by atomic mass is 10.1. The second-order valence-electron chi connectivity index (χ2n) is 7.46. The van der Waals surface area contributed by atoms with Gasteiger partial charge in [-0.2, -0.15) is 0 Å². The molecule has 6 nitrogen and oxygen atoms in total. The van der Waals surface area contributed by atoms with Crippen LogP contribution < -0.4 is 15.4 Å². The van der Waals surface area contributed by atoms with Gasteiger partial charge >= 0.3 is 0 Å². The number of nitrogens with zero attached hydrogens (tertiary/aromatic N) is 1. The summed E-state index contributed by atoms with van der Waals surface area (Å²) in [6, 6.07) is 11.2. The number of carbonyl (C=O) groups is 2. The lowest BCUT2D eigenvalue weighted by Gasteiger charge is -2.13. The van der Waals surface area contributed by atoms with Crippen LogP contribution in [0, 0.1) is 31.4 Å². The SMILES string of the molecule is C#C.CC.CC/C=C\CNC(=O)c1cc(Oc2cccc(C(=O)NCc3cc(F)cc(F)c3)c2C)ccn1. The smallest absolute Gasteiger partial charge is 0.270 e. The van der Waals surface area contributed by atoms with E-state index in [2.05, 4.69) is 28.5 Å². The third-order valence-electron chi connectivity index (χ3n) is 4.88. The summed E-state index contributed by atoms with van der Waals surface area (Å²) in [7, 11) is 0. The van der Waals surface area contributed by atoms with Gasteiger partial charge in [0.2, 0.25) is 0 Å². The van der Waals surface area contributed by atoms with Crippen LogP contribution >= 0.6 is 0 Å². The number of ether oxygens (including phenoxy) is 1. The summed E-state index contributed by atoms with van der Waals surface area (Å²) in [4.78, 5) is 29.1. The molecule has 0 fully saturated rings. The average Bonchev–Trinajstić information content (AvgIpc) is 2.93. The van der Waals surface area contributed by atoms with Crippen LogP contribution in [0.4, 0.5) is 8.78 Å².